The summed E-state index contributed by atoms with van der Waals surface area (Å²) < 4.78 is 5.05. The van der Waals surface area contributed by atoms with Gasteiger partial charge in [0.1, 0.15) is 5.75 Å². The second-order valence-corrected chi connectivity index (χ2v) is 5.12. The Hall–Kier alpha value is -2.13. The van der Waals surface area contributed by atoms with Crippen molar-refractivity contribution in [2.24, 2.45) is 5.92 Å². The first kappa shape index (κ1) is 15.3. The molecular formula is C17H15ClO3. The van der Waals surface area contributed by atoms with Crippen LogP contribution in [-0.2, 0) is 0 Å². The number of hydrogen-bond donors (Lipinski definition) is 0. The fraction of sp³-hybridized carbons (Fsp3) is 0.176. The molecule has 1 atom stereocenters. The minimum absolute atomic E-state index is 0.211. The molecule has 2 aromatic rings. The van der Waals surface area contributed by atoms with E-state index in [1.165, 1.54) is 0 Å². The molecule has 108 valence electrons. The Kier molecular flexibility index (Phi) is 4.76. The normalized spacial score (nSPS) is 11.8. The Morgan fingerprint density at radius 2 is 1.33 bits per heavy atom. The molecule has 0 fully saturated rings. The molecule has 0 saturated carbocycles. The van der Waals surface area contributed by atoms with E-state index in [0.29, 0.717) is 21.9 Å². The van der Waals surface area contributed by atoms with E-state index in [9.17, 15) is 9.59 Å². The third-order valence-electron chi connectivity index (χ3n) is 3.29. The molecular weight excluding hydrogens is 288 g/mol. The lowest BCUT2D eigenvalue weighted by Crippen LogP contribution is -2.21. The molecule has 0 N–H and O–H groups in total. The van der Waals surface area contributed by atoms with Crippen molar-refractivity contribution in [1.82, 2.24) is 0 Å². The Balaban J connectivity index is 2.17. The number of methoxy groups -OCH3 is 1. The SMILES string of the molecule is COc1ccc(C(=O)[C@@H](C)C(=O)c2ccc(Cl)cc2)cc1. The van der Waals surface area contributed by atoms with E-state index < -0.39 is 5.92 Å². The molecule has 21 heavy (non-hydrogen) atoms. The van der Waals surface area contributed by atoms with E-state index in [0.717, 1.165) is 0 Å². The van der Waals surface area contributed by atoms with Crippen LogP contribution in [0.1, 0.15) is 27.6 Å². The molecule has 3 nitrogen and oxygen atoms in total. The summed E-state index contributed by atoms with van der Waals surface area (Å²) in [7, 11) is 1.56. The monoisotopic (exact) mass is 302 g/mol. The highest BCUT2D eigenvalue weighted by Gasteiger charge is 2.23. The lowest BCUT2D eigenvalue weighted by Gasteiger charge is -2.10. The second-order valence-electron chi connectivity index (χ2n) is 4.69. The maximum Gasteiger partial charge on any atom is 0.173 e. The van der Waals surface area contributed by atoms with Gasteiger partial charge in [-0.05, 0) is 55.5 Å². The molecule has 0 aliphatic heterocycles. The molecule has 2 rings (SSSR count). The van der Waals surface area contributed by atoms with Gasteiger partial charge in [0.2, 0.25) is 0 Å². The first-order valence-corrected chi connectivity index (χ1v) is 6.89. The number of Topliss-reactive ketones (excluding diaryl/α,β-unsaturated/α-hetero) is 2. The summed E-state index contributed by atoms with van der Waals surface area (Å²) in [6, 6.07) is 13.3. The van der Waals surface area contributed by atoms with Crippen molar-refractivity contribution in [3.8, 4) is 5.75 Å². The Morgan fingerprint density at radius 3 is 1.76 bits per heavy atom. The van der Waals surface area contributed by atoms with Crippen LogP contribution in [0.25, 0.3) is 0 Å². The summed E-state index contributed by atoms with van der Waals surface area (Å²) in [6.07, 6.45) is 0. The quantitative estimate of drug-likeness (QED) is 0.618. The van der Waals surface area contributed by atoms with Gasteiger partial charge in [0.15, 0.2) is 11.6 Å². The van der Waals surface area contributed by atoms with Gasteiger partial charge in [-0.1, -0.05) is 11.6 Å². The maximum absolute atomic E-state index is 12.3. The molecule has 0 amide bonds. The minimum Gasteiger partial charge on any atom is -0.497 e. The predicted octanol–water partition coefficient (Wildman–Crippen LogP) is 4.05. The number of ether oxygens (including phenoxy) is 1. The summed E-state index contributed by atoms with van der Waals surface area (Å²) in [5, 5.41) is 0.556. The number of hydrogen-bond acceptors (Lipinski definition) is 3. The molecule has 0 radical (unpaired) electrons. The van der Waals surface area contributed by atoms with Crippen molar-refractivity contribution in [2.75, 3.05) is 7.11 Å². The van der Waals surface area contributed by atoms with E-state index >= 15 is 0 Å². The van der Waals surface area contributed by atoms with Crippen LogP contribution in [0.15, 0.2) is 48.5 Å². The lowest BCUT2D eigenvalue weighted by molar-refractivity contribution is 0.0821. The Labute approximate surface area is 128 Å². The highest BCUT2D eigenvalue weighted by molar-refractivity contribution is 6.30. The third kappa shape index (κ3) is 3.50. The number of ketones is 2. The van der Waals surface area contributed by atoms with E-state index in [1.807, 2.05) is 0 Å². The highest BCUT2D eigenvalue weighted by Crippen LogP contribution is 2.19. The van der Waals surface area contributed by atoms with Gasteiger partial charge in [-0.2, -0.15) is 0 Å². The fourth-order valence-electron chi connectivity index (χ4n) is 1.99. The zero-order chi connectivity index (χ0) is 15.4. The van der Waals surface area contributed by atoms with E-state index in [4.69, 9.17) is 16.3 Å². The van der Waals surface area contributed by atoms with Gasteiger partial charge in [0.25, 0.3) is 0 Å². The van der Waals surface area contributed by atoms with Crippen LogP contribution < -0.4 is 4.74 Å². The van der Waals surface area contributed by atoms with Gasteiger partial charge in [-0.15, -0.1) is 0 Å². The number of carbonyl (C=O) groups excluding carboxylic acids is 2. The Morgan fingerprint density at radius 1 is 0.905 bits per heavy atom. The summed E-state index contributed by atoms with van der Waals surface area (Å²) in [6.45, 7) is 1.61. The van der Waals surface area contributed by atoms with Crippen LogP contribution in [-0.4, -0.2) is 18.7 Å². The highest BCUT2D eigenvalue weighted by atomic mass is 35.5. The van der Waals surface area contributed by atoms with E-state index in [2.05, 4.69) is 0 Å². The first-order valence-electron chi connectivity index (χ1n) is 6.51. The average molecular weight is 303 g/mol. The topological polar surface area (TPSA) is 43.4 Å². The van der Waals surface area contributed by atoms with Gasteiger partial charge < -0.3 is 4.74 Å². The fourth-order valence-corrected chi connectivity index (χ4v) is 2.11. The lowest BCUT2D eigenvalue weighted by atomic mass is 9.91. The number of rotatable bonds is 5. The molecule has 0 heterocycles. The molecule has 0 unspecified atom stereocenters. The summed E-state index contributed by atoms with van der Waals surface area (Å²) in [4.78, 5) is 24.6. The molecule has 0 bridgehead atoms. The van der Waals surface area contributed by atoms with Crippen LogP contribution in [0, 0.1) is 5.92 Å². The van der Waals surface area contributed by atoms with Crippen molar-refractivity contribution in [3.63, 3.8) is 0 Å². The molecule has 2 aromatic carbocycles. The van der Waals surface area contributed by atoms with Crippen LogP contribution >= 0.6 is 11.6 Å². The van der Waals surface area contributed by atoms with Crippen LogP contribution in [0.3, 0.4) is 0 Å². The predicted molar refractivity (Wildman–Crippen MR) is 82.3 cm³/mol. The van der Waals surface area contributed by atoms with Gasteiger partial charge in [0.05, 0.1) is 13.0 Å². The number of carbonyl (C=O) groups is 2. The molecule has 0 saturated heterocycles. The van der Waals surface area contributed by atoms with Crippen molar-refractivity contribution in [2.45, 2.75) is 6.92 Å². The molecule has 0 aliphatic rings. The molecule has 4 heteroatoms. The van der Waals surface area contributed by atoms with Crippen LogP contribution in [0.5, 0.6) is 5.75 Å². The third-order valence-corrected chi connectivity index (χ3v) is 3.54. The van der Waals surface area contributed by atoms with Crippen molar-refractivity contribution in [3.05, 3.63) is 64.7 Å². The van der Waals surface area contributed by atoms with Crippen molar-refractivity contribution >= 4 is 23.2 Å². The summed E-state index contributed by atoms with van der Waals surface area (Å²) >= 11 is 5.79. The van der Waals surface area contributed by atoms with Crippen molar-refractivity contribution in [1.29, 1.82) is 0 Å². The zero-order valence-corrected chi connectivity index (χ0v) is 12.6. The van der Waals surface area contributed by atoms with Crippen LogP contribution in [0.2, 0.25) is 5.02 Å². The number of benzene rings is 2. The van der Waals surface area contributed by atoms with Crippen LogP contribution in [0.4, 0.5) is 0 Å². The van der Waals surface area contributed by atoms with E-state index in [1.54, 1.807) is 62.6 Å². The smallest absolute Gasteiger partial charge is 0.173 e. The Bertz CT molecular complexity index is 645. The number of halogens is 1. The van der Waals surface area contributed by atoms with E-state index in [-0.39, 0.29) is 11.6 Å². The largest absolute Gasteiger partial charge is 0.497 e. The summed E-state index contributed by atoms with van der Waals surface area (Å²) in [5.41, 5.74) is 0.972. The second kappa shape index (κ2) is 6.55. The van der Waals surface area contributed by atoms with Gasteiger partial charge in [-0.3, -0.25) is 9.59 Å². The van der Waals surface area contributed by atoms with Gasteiger partial charge >= 0.3 is 0 Å². The summed E-state index contributed by atoms with van der Waals surface area (Å²) in [5.74, 6) is -0.493. The average Bonchev–Trinajstić information content (AvgIpc) is 2.53. The molecule has 0 aromatic heterocycles. The first-order chi connectivity index (χ1) is 10.0. The van der Waals surface area contributed by atoms with Gasteiger partial charge in [-0.25, -0.2) is 0 Å². The standard InChI is InChI=1S/C17H15ClO3/c1-11(16(19)12-3-7-14(18)8-4-12)17(20)13-5-9-15(21-2)10-6-13/h3-11H,1-2H3/t11-/m0/s1. The molecule has 0 aliphatic carbocycles. The van der Waals surface area contributed by atoms with Gasteiger partial charge in [0, 0.05) is 16.1 Å². The molecule has 0 spiro atoms. The van der Waals surface area contributed by atoms with Crippen molar-refractivity contribution < 1.29 is 14.3 Å². The maximum atomic E-state index is 12.3. The zero-order valence-electron chi connectivity index (χ0n) is 11.8. The minimum atomic E-state index is -0.737.